The van der Waals surface area contributed by atoms with E-state index in [1.807, 2.05) is 0 Å². The molecule has 0 bridgehead atoms. The zero-order valence-corrected chi connectivity index (χ0v) is 11.8. The molecular formula is C8H11Br2N3OS. The first-order valence-corrected chi connectivity index (χ1v) is 6.67. The summed E-state index contributed by atoms with van der Waals surface area (Å²) in [4.78, 5) is 11.6. The van der Waals surface area contributed by atoms with Crippen LogP contribution >= 0.6 is 43.2 Å². The van der Waals surface area contributed by atoms with Crippen molar-refractivity contribution in [1.29, 1.82) is 0 Å². The van der Waals surface area contributed by atoms with Gasteiger partial charge in [-0.1, -0.05) is 0 Å². The third-order valence-corrected chi connectivity index (χ3v) is 4.85. The lowest BCUT2D eigenvalue weighted by Crippen LogP contribution is -2.35. The largest absolute Gasteiger partial charge is 0.352 e. The van der Waals surface area contributed by atoms with E-state index in [1.165, 1.54) is 4.88 Å². The number of carbonyl (C=O) groups excluding carboxylic acids is 1. The minimum atomic E-state index is -0.488. The molecule has 0 aliphatic rings. The third-order valence-electron chi connectivity index (χ3n) is 1.60. The number of hydrogen-bond donors (Lipinski definition) is 3. The Balaban J connectivity index is 2.18. The molecule has 0 atom stereocenters. The van der Waals surface area contributed by atoms with Crippen molar-refractivity contribution in [3.63, 3.8) is 0 Å². The van der Waals surface area contributed by atoms with Crippen molar-refractivity contribution >= 4 is 49.2 Å². The van der Waals surface area contributed by atoms with Crippen LogP contribution in [-0.2, 0) is 6.54 Å². The lowest BCUT2D eigenvalue weighted by molar-refractivity contribution is 0.249. The summed E-state index contributed by atoms with van der Waals surface area (Å²) in [6.45, 7) is 2.04. The first-order valence-electron chi connectivity index (χ1n) is 4.27. The summed E-state index contributed by atoms with van der Waals surface area (Å²) in [6, 6.07) is 1.57. The molecule has 0 spiro atoms. The molecule has 1 aromatic heterocycles. The SMILES string of the molecule is NC(=O)NCCNCc1cc(Br)c(Br)s1. The molecular weight excluding hydrogens is 346 g/mol. The van der Waals surface area contributed by atoms with Crippen molar-refractivity contribution in [2.45, 2.75) is 6.54 Å². The number of thiophene rings is 1. The normalized spacial score (nSPS) is 10.3. The smallest absolute Gasteiger partial charge is 0.312 e. The van der Waals surface area contributed by atoms with E-state index in [4.69, 9.17) is 5.73 Å². The molecule has 0 fully saturated rings. The van der Waals surface area contributed by atoms with E-state index < -0.39 is 6.03 Å². The topological polar surface area (TPSA) is 67.2 Å². The lowest BCUT2D eigenvalue weighted by Gasteiger charge is -2.02. The van der Waals surface area contributed by atoms with Crippen molar-refractivity contribution in [3.05, 3.63) is 19.2 Å². The van der Waals surface area contributed by atoms with E-state index in [9.17, 15) is 4.79 Å². The molecule has 1 rings (SSSR count). The molecule has 15 heavy (non-hydrogen) atoms. The van der Waals surface area contributed by atoms with E-state index in [2.05, 4.69) is 48.6 Å². The lowest BCUT2D eigenvalue weighted by atomic mass is 10.4. The van der Waals surface area contributed by atoms with Gasteiger partial charge in [0.1, 0.15) is 0 Å². The van der Waals surface area contributed by atoms with Crippen molar-refractivity contribution in [2.75, 3.05) is 13.1 Å². The van der Waals surface area contributed by atoms with Crippen LogP contribution in [0, 0.1) is 0 Å². The number of hydrogen-bond acceptors (Lipinski definition) is 3. The maximum absolute atomic E-state index is 10.4. The minimum Gasteiger partial charge on any atom is -0.352 e. The van der Waals surface area contributed by atoms with Crippen LogP contribution < -0.4 is 16.4 Å². The van der Waals surface area contributed by atoms with Crippen LogP contribution in [0.3, 0.4) is 0 Å². The van der Waals surface area contributed by atoms with Crippen LogP contribution in [0.2, 0.25) is 0 Å². The summed E-state index contributed by atoms with van der Waals surface area (Å²) in [6.07, 6.45) is 0. The van der Waals surface area contributed by atoms with Gasteiger partial charge < -0.3 is 16.4 Å². The van der Waals surface area contributed by atoms with Crippen LogP contribution in [0.1, 0.15) is 4.88 Å². The molecule has 4 nitrogen and oxygen atoms in total. The standard InChI is InChI=1S/C8H11Br2N3OS/c9-6-3-5(15-7(6)10)4-12-1-2-13-8(11)14/h3,12H,1-2,4H2,(H3,11,13,14). The molecule has 4 N–H and O–H groups in total. The minimum absolute atomic E-state index is 0.488. The Hall–Kier alpha value is -0.110. The quantitative estimate of drug-likeness (QED) is 0.706. The molecule has 7 heteroatoms. The second-order valence-electron chi connectivity index (χ2n) is 2.80. The molecule has 0 aliphatic carbocycles. The number of rotatable bonds is 5. The highest BCUT2D eigenvalue weighted by Gasteiger charge is 2.03. The van der Waals surface area contributed by atoms with Gasteiger partial charge >= 0.3 is 6.03 Å². The number of nitrogens with one attached hydrogen (secondary N) is 2. The van der Waals surface area contributed by atoms with Gasteiger partial charge in [0, 0.05) is 29.0 Å². The molecule has 0 saturated heterocycles. The monoisotopic (exact) mass is 355 g/mol. The Morgan fingerprint density at radius 3 is 2.73 bits per heavy atom. The van der Waals surface area contributed by atoms with Gasteiger partial charge in [0.2, 0.25) is 0 Å². The Morgan fingerprint density at radius 1 is 1.47 bits per heavy atom. The predicted molar refractivity (Wildman–Crippen MR) is 69.0 cm³/mol. The number of halogens is 2. The van der Waals surface area contributed by atoms with Crippen molar-refractivity contribution in [2.24, 2.45) is 5.73 Å². The van der Waals surface area contributed by atoms with Gasteiger partial charge in [-0.05, 0) is 37.9 Å². The first-order chi connectivity index (χ1) is 7.09. The summed E-state index contributed by atoms with van der Waals surface area (Å²) in [5.41, 5.74) is 4.92. The summed E-state index contributed by atoms with van der Waals surface area (Å²) < 4.78 is 2.16. The Kier molecular flexibility index (Phi) is 5.59. The predicted octanol–water partition coefficient (Wildman–Crippen LogP) is 2.03. The average molecular weight is 357 g/mol. The Morgan fingerprint density at radius 2 is 2.20 bits per heavy atom. The molecule has 0 saturated carbocycles. The van der Waals surface area contributed by atoms with Crippen LogP contribution in [-0.4, -0.2) is 19.1 Å². The number of carbonyl (C=O) groups is 1. The van der Waals surface area contributed by atoms with E-state index in [-0.39, 0.29) is 0 Å². The van der Waals surface area contributed by atoms with Gasteiger partial charge in [0.25, 0.3) is 0 Å². The van der Waals surface area contributed by atoms with E-state index in [0.717, 1.165) is 14.8 Å². The number of urea groups is 1. The van der Waals surface area contributed by atoms with Crippen LogP contribution in [0.15, 0.2) is 14.3 Å². The van der Waals surface area contributed by atoms with Crippen molar-refractivity contribution in [1.82, 2.24) is 10.6 Å². The number of primary amides is 1. The summed E-state index contributed by atoms with van der Waals surface area (Å²) in [5.74, 6) is 0. The fraction of sp³-hybridized carbons (Fsp3) is 0.375. The first kappa shape index (κ1) is 13.0. The molecule has 1 aromatic rings. The van der Waals surface area contributed by atoms with Crippen molar-refractivity contribution in [3.8, 4) is 0 Å². The third kappa shape index (κ3) is 4.96. The number of nitrogens with two attached hydrogens (primary N) is 1. The van der Waals surface area contributed by atoms with Gasteiger partial charge in [0.15, 0.2) is 0 Å². The molecule has 0 radical (unpaired) electrons. The highest BCUT2D eigenvalue weighted by molar-refractivity contribution is 9.13. The second kappa shape index (κ2) is 6.47. The van der Waals surface area contributed by atoms with Gasteiger partial charge in [-0.2, -0.15) is 0 Å². The fourth-order valence-corrected chi connectivity index (χ4v) is 3.11. The van der Waals surface area contributed by atoms with Gasteiger partial charge in [-0.3, -0.25) is 0 Å². The molecule has 1 heterocycles. The van der Waals surface area contributed by atoms with Crippen LogP contribution in [0.4, 0.5) is 4.79 Å². The molecule has 2 amide bonds. The molecule has 0 aromatic carbocycles. The summed E-state index contributed by atoms with van der Waals surface area (Å²) in [5, 5.41) is 5.71. The zero-order chi connectivity index (χ0) is 11.3. The van der Waals surface area contributed by atoms with E-state index in [0.29, 0.717) is 13.1 Å². The highest BCUT2D eigenvalue weighted by Crippen LogP contribution is 2.32. The zero-order valence-electron chi connectivity index (χ0n) is 7.85. The van der Waals surface area contributed by atoms with Gasteiger partial charge in [-0.25, -0.2) is 4.79 Å². The average Bonchev–Trinajstić information content (AvgIpc) is 2.45. The highest BCUT2D eigenvalue weighted by atomic mass is 79.9. The summed E-state index contributed by atoms with van der Waals surface area (Å²) in [7, 11) is 0. The fourth-order valence-electron chi connectivity index (χ4n) is 0.964. The van der Waals surface area contributed by atoms with Crippen molar-refractivity contribution < 1.29 is 4.79 Å². The van der Waals surface area contributed by atoms with E-state index in [1.54, 1.807) is 11.3 Å². The summed E-state index contributed by atoms with van der Waals surface area (Å²) >= 11 is 8.52. The van der Waals surface area contributed by atoms with E-state index >= 15 is 0 Å². The maximum Gasteiger partial charge on any atom is 0.312 e. The van der Waals surface area contributed by atoms with Gasteiger partial charge in [0.05, 0.1) is 3.79 Å². The Bertz CT molecular complexity index is 323. The van der Waals surface area contributed by atoms with Crippen LogP contribution in [0.25, 0.3) is 0 Å². The maximum atomic E-state index is 10.4. The second-order valence-corrected chi connectivity index (χ2v) is 6.11. The molecule has 0 aliphatic heterocycles. The number of amides is 2. The molecule has 0 unspecified atom stereocenters. The Labute approximate surface area is 109 Å². The van der Waals surface area contributed by atoms with Crippen LogP contribution in [0.5, 0.6) is 0 Å². The van der Waals surface area contributed by atoms with Gasteiger partial charge in [-0.15, -0.1) is 11.3 Å². The molecule has 84 valence electrons.